The molecule has 0 spiro atoms. The van der Waals surface area contributed by atoms with Gasteiger partial charge in [-0.1, -0.05) is 45.4 Å². The molecule has 0 rings (SSSR count). The van der Waals surface area contributed by atoms with Gasteiger partial charge in [-0.05, 0) is 6.42 Å². The summed E-state index contributed by atoms with van der Waals surface area (Å²) in [6, 6.07) is 0. The van der Waals surface area contributed by atoms with Crippen molar-refractivity contribution in [3.8, 4) is 0 Å². The van der Waals surface area contributed by atoms with Gasteiger partial charge in [-0.25, -0.2) is 0 Å². The van der Waals surface area contributed by atoms with E-state index in [4.69, 9.17) is 28.4 Å². The molecule has 0 amide bonds. The zero-order valence-electron chi connectivity index (χ0n) is 17.9. The topological polar surface area (TPSA) is 75.6 Å². The van der Waals surface area contributed by atoms with Crippen molar-refractivity contribution in [3.63, 3.8) is 0 Å². The van der Waals surface area contributed by atoms with Crippen LogP contribution in [0.15, 0.2) is 0 Å². The van der Waals surface area contributed by atoms with Gasteiger partial charge in [0.25, 0.3) is 5.97 Å². The lowest BCUT2D eigenvalue weighted by molar-refractivity contribution is -0.411. The zero-order valence-corrected chi connectivity index (χ0v) is 17.9. The highest BCUT2D eigenvalue weighted by molar-refractivity contribution is 4.72. The Morgan fingerprint density at radius 2 is 1.11 bits per heavy atom. The van der Waals surface area contributed by atoms with Gasteiger partial charge in [0.15, 0.2) is 0 Å². The number of aliphatic hydroxyl groups is 1. The number of hydrogen-bond donors (Lipinski definition) is 1. The summed E-state index contributed by atoms with van der Waals surface area (Å²) in [5.74, 6) is -1.62. The van der Waals surface area contributed by atoms with Crippen molar-refractivity contribution < 1.29 is 33.5 Å². The van der Waals surface area contributed by atoms with Gasteiger partial charge in [0.2, 0.25) is 0 Å². The van der Waals surface area contributed by atoms with Crippen LogP contribution in [0.4, 0.5) is 0 Å². The van der Waals surface area contributed by atoms with Gasteiger partial charge in [-0.2, -0.15) is 0 Å². The number of unbranched alkanes of at least 4 members (excludes halogenated alkanes) is 5. The monoisotopic (exact) mass is 394 g/mol. The van der Waals surface area contributed by atoms with Crippen molar-refractivity contribution in [1.82, 2.24) is 0 Å². The predicted molar refractivity (Wildman–Crippen MR) is 105 cm³/mol. The molecule has 1 N–H and O–H groups in total. The van der Waals surface area contributed by atoms with Crippen LogP contribution in [0.25, 0.3) is 0 Å². The normalized spacial score (nSPS) is 13.2. The molecule has 0 saturated carbocycles. The largest absolute Gasteiger partial charge is 0.396 e. The number of rotatable bonds is 21. The third kappa shape index (κ3) is 12.7. The lowest BCUT2D eigenvalue weighted by Crippen LogP contribution is -2.49. The number of hydrogen-bond acceptors (Lipinski definition) is 7. The van der Waals surface area contributed by atoms with Crippen LogP contribution < -0.4 is 0 Å². The summed E-state index contributed by atoms with van der Waals surface area (Å²) in [6.07, 6.45) is 7.84. The summed E-state index contributed by atoms with van der Waals surface area (Å²) >= 11 is 0. The summed E-state index contributed by atoms with van der Waals surface area (Å²) in [6.45, 7) is 4.30. The van der Waals surface area contributed by atoms with Gasteiger partial charge in [-0.15, -0.1) is 0 Å². The standard InChI is InChI=1S/C20H42O7/c1-5-6-7-8-9-10-11-19(18-21)20(25-15-12-22-2,26-16-13-23-3)27-17-14-24-4/h19,21H,5-18H2,1-4H3. The SMILES string of the molecule is CCCCCCCCC(CO)C(OCCOC)(OCCOC)OCCOC. The minimum Gasteiger partial charge on any atom is -0.396 e. The molecule has 27 heavy (non-hydrogen) atoms. The molecular weight excluding hydrogens is 352 g/mol. The highest BCUT2D eigenvalue weighted by atomic mass is 16.9. The van der Waals surface area contributed by atoms with Crippen molar-refractivity contribution in [2.45, 2.75) is 57.8 Å². The van der Waals surface area contributed by atoms with Gasteiger partial charge in [-0.3, -0.25) is 0 Å². The van der Waals surface area contributed by atoms with Crippen LogP contribution in [0.1, 0.15) is 51.9 Å². The summed E-state index contributed by atoms with van der Waals surface area (Å²) in [5.41, 5.74) is 0. The fourth-order valence-electron chi connectivity index (χ4n) is 2.83. The number of methoxy groups -OCH3 is 3. The Bertz CT molecular complexity index is 276. The van der Waals surface area contributed by atoms with Crippen molar-refractivity contribution in [3.05, 3.63) is 0 Å². The van der Waals surface area contributed by atoms with Crippen molar-refractivity contribution >= 4 is 0 Å². The maximum Gasteiger partial charge on any atom is 0.288 e. The molecule has 0 aliphatic heterocycles. The van der Waals surface area contributed by atoms with E-state index >= 15 is 0 Å². The van der Waals surface area contributed by atoms with Crippen LogP contribution in [0.5, 0.6) is 0 Å². The molecule has 0 bridgehead atoms. The van der Waals surface area contributed by atoms with E-state index in [9.17, 15) is 5.11 Å². The lowest BCUT2D eigenvalue weighted by Gasteiger charge is -2.39. The fourth-order valence-corrected chi connectivity index (χ4v) is 2.83. The summed E-state index contributed by atoms with van der Waals surface area (Å²) in [7, 11) is 4.84. The average Bonchev–Trinajstić information content (AvgIpc) is 2.67. The molecule has 0 saturated heterocycles. The molecule has 0 aromatic rings. The molecule has 0 heterocycles. The first-order chi connectivity index (χ1) is 13.2. The van der Waals surface area contributed by atoms with Crippen LogP contribution in [0.2, 0.25) is 0 Å². The molecule has 1 atom stereocenters. The van der Waals surface area contributed by atoms with E-state index in [1.165, 1.54) is 25.7 Å². The maximum atomic E-state index is 10.0. The highest BCUT2D eigenvalue weighted by Crippen LogP contribution is 2.30. The first-order valence-electron chi connectivity index (χ1n) is 10.2. The molecule has 164 valence electrons. The van der Waals surface area contributed by atoms with Crippen LogP contribution in [0.3, 0.4) is 0 Å². The highest BCUT2D eigenvalue weighted by Gasteiger charge is 2.42. The molecule has 7 heteroatoms. The van der Waals surface area contributed by atoms with E-state index in [2.05, 4.69) is 6.92 Å². The Kier molecular flexibility index (Phi) is 18.9. The van der Waals surface area contributed by atoms with Crippen molar-refractivity contribution in [1.29, 1.82) is 0 Å². The van der Waals surface area contributed by atoms with Crippen molar-refractivity contribution in [2.75, 3.05) is 67.6 Å². The van der Waals surface area contributed by atoms with E-state index in [-0.39, 0.29) is 12.5 Å². The Morgan fingerprint density at radius 3 is 1.52 bits per heavy atom. The Hall–Kier alpha value is -0.280. The third-order valence-electron chi connectivity index (χ3n) is 4.40. The summed E-state index contributed by atoms with van der Waals surface area (Å²) in [4.78, 5) is 0. The average molecular weight is 395 g/mol. The smallest absolute Gasteiger partial charge is 0.288 e. The second kappa shape index (κ2) is 19.1. The number of aliphatic hydroxyl groups excluding tert-OH is 1. The van der Waals surface area contributed by atoms with Gasteiger partial charge < -0.3 is 33.5 Å². The van der Waals surface area contributed by atoms with Gasteiger partial charge in [0.1, 0.15) is 0 Å². The Balaban J connectivity index is 4.92. The quantitative estimate of drug-likeness (QED) is 0.237. The number of ether oxygens (including phenoxy) is 6. The summed E-state index contributed by atoms with van der Waals surface area (Å²) in [5, 5.41) is 10.0. The van der Waals surface area contributed by atoms with Crippen LogP contribution in [-0.2, 0) is 28.4 Å². The second-order valence-electron chi connectivity index (χ2n) is 6.56. The Labute approximate surface area is 165 Å². The molecule has 0 aliphatic rings. The van der Waals surface area contributed by atoms with Crippen LogP contribution in [0, 0.1) is 5.92 Å². The molecule has 0 fully saturated rings. The predicted octanol–water partition coefficient (Wildman–Crippen LogP) is 2.99. The van der Waals surface area contributed by atoms with E-state index < -0.39 is 5.97 Å². The van der Waals surface area contributed by atoms with Gasteiger partial charge >= 0.3 is 0 Å². The van der Waals surface area contributed by atoms with E-state index in [1.54, 1.807) is 21.3 Å². The molecule has 7 nitrogen and oxygen atoms in total. The second-order valence-corrected chi connectivity index (χ2v) is 6.56. The maximum absolute atomic E-state index is 10.0. The Morgan fingerprint density at radius 1 is 0.667 bits per heavy atom. The fraction of sp³-hybridized carbons (Fsp3) is 1.00. The van der Waals surface area contributed by atoms with Gasteiger partial charge in [0, 0.05) is 21.3 Å². The first-order valence-corrected chi connectivity index (χ1v) is 10.2. The van der Waals surface area contributed by atoms with Crippen LogP contribution >= 0.6 is 0 Å². The first kappa shape index (κ1) is 26.7. The van der Waals surface area contributed by atoms with Crippen LogP contribution in [-0.4, -0.2) is 78.7 Å². The summed E-state index contributed by atoms with van der Waals surface area (Å²) < 4.78 is 33.2. The van der Waals surface area contributed by atoms with E-state index in [0.717, 1.165) is 19.3 Å². The minimum absolute atomic E-state index is 0.0814. The van der Waals surface area contributed by atoms with E-state index in [1.807, 2.05) is 0 Å². The molecule has 0 aliphatic carbocycles. The minimum atomic E-state index is -1.33. The zero-order chi connectivity index (χ0) is 20.2. The molecule has 1 unspecified atom stereocenters. The van der Waals surface area contributed by atoms with Crippen molar-refractivity contribution in [2.24, 2.45) is 5.92 Å². The lowest BCUT2D eigenvalue weighted by atomic mass is 9.98. The van der Waals surface area contributed by atoms with Gasteiger partial charge in [0.05, 0.1) is 52.2 Å². The molecule has 0 aromatic carbocycles. The molecule has 0 radical (unpaired) electrons. The molecular formula is C20H42O7. The third-order valence-corrected chi connectivity index (χ3v) is 4.40. The molecule has 0 aromatic heterocycles. The van der Waals surface area contributed by atoms with E-state index in [0.29, 0.717) is 39.6 Å².